The molecule has 1 aliphatic heterocycles. The number of rotatable bonds is 6. The number of aryl methyl sites for hydroxylation is 1. The molecule has 0 bridgehead atoms. The van der Waals surface area contributed by atoms with Crippen molar-refractivity contribution in [2.45, 2.75) is 26.2 Å². The van der Waals surface area contributed by atoms with Crippen LogP contribution in [0.5, 0.6) is 11.5 Å². The van der Waals surface area contributed by atoms with Gasteiger partial charge >= 0.3 is 5.63 Å². The molecule has 0 N–H and O–H groups in total. The number of ketones is 1. The van der Waals surface area contributed by atoms with Gasteiger partial charge in [0.1, 0.15) is 5.58 Å². The zero-order valence-electron chi connectivity index (χ0n) is 19.1. The van der Waals surface area contributed by atoms with Crippen LogP contribution in [0.3, 0.4) is 0 Å². The standard InChI is InChI=1S/C26H27NO6/c1-16-6-8-20-19(14-25(29)33-22(20)11-16)13-24(28)27-10-4-5-18(15-27)26(30)17-7-9-21(31-2)23(12-17)32-3/h6-9,11-12,14,18H,4-5,10,13,15H2,1-3H3. The number of hydrogen-bond donors (Lipinski definition) is 0. The fraction of sp³-hybridized carbons (Fsp3) is 0.346. The molecule has 0 radical (unpaired) electrons. The predicted molar refractivity (Wildman–Crippen MR) is 124 cm³/mol. The molecule has 0 saturated carbocycles. The number of fused-ring (bicyclic) bond motifs is 1. The van der Waals surface area contributed by atoms with Crippen molar-refractivity contribution in [3.63, 3.8) is 0 Å². The summed E-state index contributed by atoms with van der Waals surface area (Å²) in [6.07, 6.45) is 1.54. The van der Waals surface area contributed by atoms with Crippen LogP contribution in [-0.4, -0.2) is 43.9 Å². The Morgan fingerprint density at radius 3 is 2.61 bits per heavy atom. The number of carbonyl (C=O) groups is 2. The lowest BCUT2D eigenvalue weighted by molar-refractivity contribution is -0.131. The molecule has 7 heteroatoms. The summed E-state index contributed by atoms with van der Waals surface area (Å²) in [6, 6.07) is 12.1. The third-order valence-electron chi connectivity index (χ3n) is 6.14. The first-order chi connectivity index (χ1) is 15.9. The maximum atomic E-state index is 13.2. The zero-order chi connectivity index (χ0) is 23.5. The monoisotopic (exact) mass is 449 g/mol. The molecule has 172 valence electrons. The van der Waals surface area contributed by atoms with E-state index in [0.29, 0.717) is 47.7 Å². The van der Waals surface area contributed by atoms with Crippen molar-refractivity contribution in [1.29, 1.82) is 0 Å². The number of nitrogens with zero attached hydrogens (tertiary/aromatic N) is 1. The van der Waals surface area contributed by atoms with E-state index in [9.17, 15) is 14.4 Å². The van der Waals surface area contributed by atoms with Crippen molar-refractivity contribution in [1.82, 2.24) is 4.90 Å². The summed E-state index contributed by atoms with van der Waals surface area (Å²) in [5.41, 5.74) is 2.15. The molecule has 1 amide bonds. The number of likely N-dealkylation sites (tertiary alicyclic amines) is 1. The number of Topliss-reactive ketones (excluding diaryl/α,β-unsaturated/α-hetero) is 1. The summed E-state index contributed by atoms with van der Waals surface area (Å²) in [7, 11) is 3.08. The Morgan fingerprint density at radius 2 is 1.85 bits per heavy atom. The highest BCUT2D eigenvalue weighted by Gasteiger charge is 2.29. The number of carbonyl (C=O) groups excluding carboxylic acids is 2. The van der Waals surface area contributed by atoms with E-state index in [1.807, 2.05) is 19.1 Å². The molecule has 1 aliphatic rings. The van der Waals surface area contributed by atoms with Crippen molar-refractivity contribution < 1.29 is 23.5 Å². The molecule has 7 nitrogen and oxygen atoms in total. The van der Waals surface area contributed by atoms with Gasteiger partial charge in [-0.25, -0.2) is 4.79 Å². The summed E-state index contributed by atoms with van der Waals surface area (Å²) in [5.74, 6) is 0.643. The first kappa shape index (κ1) is 22.6. The van der Waals surface area contributed by atoms with Gasteiger partial charge in [-0.2, -0.15) is 0 Å². The molecule has 1 atom stereocenters. The number of ether oxygens (including phenoxy) is 2. The Balaban J connectivity index is 1.51. The molecule has 2 heterocycles. The normalized spacial score (nSPS) is 16.0. The molecule has 1 unspecified atom stereocenters. The molecule has 0 spiro atoms. The van der Waals surface area contributed by atoms with Crippen LogP contribution in [0.25, 0.3) is 11.0 Å². The summed E-state index contributed by atoms with van der Waals surface area (Å²) >= 11 is 0. The predicted octanol–water partition coefficient (Wildman–Crippen LogP) is 3.78. The molecule has 1 saturated heterocycles. The highest BCUT2D eigenvalue weighted by Crippen LogP contribution is 2.30. The molecule has 3 aromatic rings. The van der Waals surface area contributed by atoms with Gasteiger partial charge in [-0.1, -0.05) is 12.1 Å². The average molecular weight is 450 g/mol. The molecule has 33 heavy (non-hydrogen) atoms. The van der Waals surface area contributed by atoms with E-state index in [2.05, 4.69) is 0 Å². The van der Waals surface area contributed by atoms with Gasteiger partial charge in [-0.15, -0.1) is 0 Å². The van der Waals surface area contributed by atoms with Crippen LogP contribution in [0, 0.1) is 12.8 Å². The number of methoxy groups -OCH3 is 2. The number of hydrogen-bond acceptors (Lipinski definition) is 6. The van der Waals surface area contributed by atoms with Crippen molar-refractivity contribution in [3.8, 4) is 11.5 Å². The molecule has 2 aromatic carbocycles. The molecule has 1 aromatic heterocycles. The Hall–Kier alpha value is -3.61. The first-order valence-corrected chi connectivity index (χ1v) is 11.0. The van der Waals surface area contributed by atoms with Gasteiger partial charge in [-0.3, -0.25) is 9.59 Å². The highest BCUT2D eigenvalue weighted by atomic mass is 16.5. The second-order valence-corrected chi connectivity index (χ2v) is 8.38. The van der Waals surface area contributed by atoms with E-state index in [4.69, 9.17) is 13.9 Å². The Kier molecular flexibility index (Phi) is 6.49. The van der Waals surface area contributed by atoms with Gasteiger partial charge < -0.3 is 18.8 Å². The molecular weight excluding hydrogens is 422 g/mol. The van der Waals surface area contributed by atoms with Crippen LogP contribution in [0.1, 0.15) is 34.3 Å². The van der Waals surface area contributed by atoms with Gasteiger partial charge in [0, 0.05) is 36.0 Å². The highest BCUT2D eigenvalue weighted by molar-refractivity contribution is 5.99. The summed E-state index contributed by atoms with van der Waals surface area (Å²) in [4.78, 5) is 40.0. The lowest BCUT2D eigenvalue weighted by Gasteiger charge is -2.32. The topological polar surface area (TPSA) is 86.0 Å². The van der Waals surface area contributed by atoms with Gasteiger partial charge in [0.05, 0.1) is 20.6 Å². The van der Waals surface area contributed by atoms with Gasteiger partial charge in [-0.05, 0) is 55.2 Å². The molecule has 1 fully saturated rings. The van der Waals surface area contributed by atoms with Gasteiger partial charge in [0.15, 0.2) is 17.3 Å². The molecule has 4 rings (SSSR count). The third-order valence-corrected chi connectivity index (χ3v) is 6.14. The van der Waals surface area contributed by atoms with Crippen LogP contribution < -0.4 is 15.1 Å². The lowest BCUT2D eigenvalue weighted by atomic mass is 9.89. The third kappa shape index (κ3) is 4.77. The number of piperidine rings is 1. The number of benzene rings is 2. The average Bonchev–Trinajstić information content (AvgIpc) is 2.82. The minimum Gasteiger partial charge on any atom is -0.493 e. The fourth-order valence-corrected chi connectivity index (χ4v) is 4.40. The summed E-state index contributed by atoms with van der Waals surface area (Å²) in [5, 5.41) is 0.753. The van der Waals surface area contributed by atoms with Crippen LogP contribution >= 0.6 is 0 Å². The lowest BCUT2D eigenvalue weighted by Crippen LogP contribution is -2.43. The Bertz CT molecular complexity index is 1260. The first-order valence-electron chi connectivity index (χ1n) is 11.0. The van der Waals surface area contributed by atoms with Crippen LogP contribution in [-0.2, 0) is 11.2 Å². The summed E-state index contributed by atoms with van der Waals surface area (Å²) in [6.45, 7) is 2.86. The van der Waals surface area contributed by atoms with E-state index < -0.39 is 5.63 Å². The van der Waals surface area contributed by atoms with E-state index in [1.54, 1.807) is 36.3 Å². The molecular formula is C26H27NO6. The Labute approximate surface area is 191 Å². The maximum absolute atomic E-state index is 13.2. The largest absolute Gasteiger partial charge is 0.493 e. The van der Waals surface area contributed by atoms with Crippen LogP contribution in [0.15, 0.2) is 51.7 Å². The number of amides is 1. The van der Waals surface area contributed by atoms with Crippen molar-refractivity contribution in [2.75, 3.05) is 27.3 Å². The van der Waals surface area contributed by atoms with E-state index >= 15 is 0 Å². The van der Waals surface area contributed by atoms with Crippen LogP contribution in [0.2, 0.25) is 0 Å². The minimum absolute atomic E-state index is 0.0188. The quantitative estimate of drug-likeness (QED) is 0.421. The van der Waals surface area contributed by atoms with Crippen molar-refractivity contribution in [3.05, 3.63) is 69.6 Å². The van der Waals surface area contributed by atoms with Crippen molar-refractivity contribution in [2.24, 2.45) is 5.92 Å². The maximum Gasteiger partial charge on any atom is 0.336 e. The van der Waals surface area contributed by atoms with Gasteiger partial charge in [0.25, 0.3) is 0 Å². The Morgan fingerprint density at radius 1 is 1.06 bits per heavy atom. The van der Waals surface area contributed by atoms with E-state index in [1.165, 1.54) is 13.2 Å². The second-order valence-electron chi connectivity index (χ2n) is 8.38. The van der Waals surface area contributed by atoms with Gasteiger partial charge in [0.2, 0.25) is 5.91 Å². The second kappa shape index (κ2) is 9.48. The summed E-state index contributed by atoms with van der Waals surface area (Å²) < 4.78 is 15.9. The smallest absolute Gasteiger partial charge is 0.336 e. The van der Waals surface area contributed by atoms with Crippen LogP contribution in [0.4, 0.5) is 0 Å². The minimum atomic E-state index is -0.476. The zero-order valence-corrected chi connectivity index (χ0v) is 19.1. The van der Waals surface area contributed by atoms with E-state index in [-0.39, 0.29) is 24.0 Å². The fourth-order valence-electron chi connectivity index (χ4n) is 4.40. The molecule has 0 aliphatic carbocycles. The SMILES string of the molecule is COc1ccc(C(=O)C2CCCN(C(=O)Cc3cc(=O)oc4cc(C)ccc34)C2)cc1OC. The van der Waals surface area contributed by atoms with Crippen molar-refractivity contribution >= 4 is 22.7 Å². The van der Waals surface area contributed by atoms with E-state index in [0.717, 1.165) is 17.4 Å².